The Bertz CT molecular complexity index is 176. The lowest BCUT2D eigenvalue weighted by atomic mass is 10.2. The van der Waals surface area contributed by atoms with Gasteiger partial charge in [-0.05, 0) is 44.1 Å². The Hall–Kier alpha value is 0.560. The average Bonchev–Trinajstić information content (AvgIpc) is 2.23. The van der Waals surface area contributed by atoms with Gasteiger partial charge >= 0.3 is 0 Å². The molecule has 0 amide bonds. The van der Waals surface area contributed by atoms with Crippen LogP contribution >= 0.6 is 25.3 Å². The summed E-state index contributed by atoms with van der Waals surface area (Å²) < 4.78 is 0. The predicted octanol–water partition coefficient (Wildman–Crippen LogP) is -2.29. The second kappa shape index (κ2) is 21.8. The van der Waals surface area contributed by atoms with E-state index in [4.69, 9.17) is 0 Å². The van der Waals surface area contributed by atoms with Crippen LogP contribution in [0.3, 0.4) is 0 Å². The van der Waals surface area contributed by atoms with Gasteiger partial charge in [0.1, 0.15) is 0 Å². The monoisotopic (exact) mass is 317 g/mol. The molecular formula is C12H25Cl2NS2-2. The van der Waals surface area contributed by atoms with Gasteiger partial charge in [-0.15, -0.1) is 6.58 Å². The van der Waals surface area contributed by atoms with E-state index >= 15 is 0 Å². The summed E-state index contributed by atoms with van der Waals surface area (Å²) in [6, 6.07) is 0. The highest BCUT2D eigenvalue weighted by atomic mass is 35.5. The number of hydrogen-bond donors (Lipinski definition) is 3. The van der Waals surface area contributed by atoms with Crippen molar-refractivity contribution < 1.29 is 24.8 Å². The van der Waals surface area contributed by atoms with Crippen LogP contribution in [-0.4, -0.2) is 18.6 Å². The first kappa shape index (κ1) is 26.2. The van der Waals surface area contributed by atoms with Crippen LogP contribution in [0.5, 0.6) is 0 Å². The molecule has 0 spiro atoms. The van der Waals surface area contributed by atoms with Crippen molar-refractivity contribution >= 4 is 25.3 Å². The first-order chi connectivity index (χ1) is 7.08. The fourth-order valence-corrected chi connectivity index (χ4v) is 1.11. The molecule has 106 valence electrons. The van der Waals surface area contributed by atoms with Gasteiger partial charge in [0.05, 0.1) is 0 Å². The van der Waals surface area contributed by atoms with Gasteiger partial charge in [0.25, 0.3) is 0 Å². The van der Waals surface area contributed by atoms with E-state index in [-0.39, 0.29) is 24.8 Å². The van der Waals surface area contributed by atoms with Crippen molar-refractivity contribution in [3.8, 4) is 0 Å². The lowest BCUT2D eigenvalue weighted by Gasteiger charge is -2.00. The van der Waals surface area contributed by atoms with Crippen molar-refractivity contribution in [1.29, 1.82) is 0 Å². The molecule has 0 aliphatic carbocycles. The summed E-state index contributed by atoms with van der Waals surface area (Å²) in [5, 5.41) is 2.97. The van der Waals surface area contributed by atoms with Crippen molar-refractivity contribution in [3.63, 3.8) is 0 Å². The summed E-state index contributed by atoms with van der Waals surface area (Å²) in [4.78, 5) is 0. The third-order valence-corrected chi connectivity index (χ3v) is 2.38. The van der Waals surface area contributed by atoms with Crippen LogP contribution in [0.15, 0.2) is 24.4 Å². The van der Waals surface area contributed by atoms with Crippen LogP contribution in [0.1, 0.15) is 32.6 Å². The van der Waals surface area contributed by atoms with E-state index in [0.717, 1.165) is 36.5 Å². The fourth-order valence-electron chi connectivity index (χ4n) is 0.798. The number of thiol groups is 2. The molecule has 5 heteroatoms. The Labute approximate surface area is 131 Å². The normalized spacial score (nSPS) is 7.76. The first-order valence-electron chi connectivity index (χ1n) is 5.30. The average molecular weight is 318 g/mol. The molecule has 1 N–H and O–H groups in total. The van der Waals surface area contributed by atoms with Gasteiger partial charge < -0.3 is 30.1 Å². The molecule has 0 aromatic carbocycles. The number of nitrogens with one attached hydrogen (secondary N) is 1. The van der Waals surface area contributed by atoms with Crippen molar-refractivity contribution in [3.05, 3.63) is 24.4 Å². The summed E-state index contributed by atoms with van der Waals surface area (Å²) in [6.45, 7) is 9.57. The lowest BCUT2D eigenvalue weighted by molar-refractivity contribution is -0.00100. The van der Waals surface area contributed by atoms with Crippen molar-refractivity contribution in [1.82, 2.24) is 5.32 Å². The van der Waals surface area contributed by atoms with Crippen molar-refractivity contribution in [2.75, 3.05) is 18.6 Å². The summed E-state index contributed by atoms with van der Waals surface area (Å²) in [7, 11) is 1.89. The molecule has 17 heavy (non-hydrogen) atoms. The molecule has 0 aromatic heterocycles. The third kappa shape index (κ3) is 31.5. The number of hydrogen-bond acceptors (Lipinski definition) is 3. The van der Waals surface area contributed by atoms with Crippen LogP contribution in [0.25, 0.3) is 0 Å². The van der Waals surface area contributed by atoms with Gasteiger partial charge in [0.2, 0.25) is 0 Å². The van der Waals surface area contributed by atoms with Crippen LogP contribution in [0.4, 0.5) is 0 Å². The Morgan fingerprint density at radius 3 is 1.65 bits per heavy atom. The molecule has 0 unspecified atom stereocenters. The molecule has 0 saturated carbocycles. The van der Waals surface area contributed by atoms with Gasteiger partial charge in [0.15, 0.2) is 0 Å². The minimum absolute atomic E-state index is 0. The molecule has 0 rings (SSSR count). The highest BCUT2D eigenvalue weighted by Crippen LogP contribution is 1.99. The Kier molecular flexibility index (Phi) is 33.6. The van der Waals surface area contributed by atoms with E-state index < -0.39 is 0 Å². The smallest absolute Gasteiger partial charge is 0.00313 e. The van der Waals surface area contributed by atoms with Gasteiger partial charge in [-0.2, -0.15) is 25.3 Å². The van der Waals surface area contributed by atoms with Crippen LogP contribution in [-0.2, 0) is 0 Å². The molecule has 0 aliphatic heterocycles. The van der Waals surface area contributed by atoms with E-state index in [0.29, 0.717) is 0 Å². The molecule has 0 aliphatic rings. The molecule has 1 nitrogen and oxygen atoms in total. The standard InChI is InChI=1S/C6H13NS.C6H12S.2ClH/c1-6(7-2)4-3-5-8;1-6(2)4-3-5-7;;/h7-8H,1,3-5H2,2H3;7H,1,3-5H2,2H3;2*1H/p-2. The molecule has 0 atom stereocenters. The molecule has 0 saturated heterocycles. The van der Waals surface area contributed by atoms with Gasteiger partial charge in [-0.25, -0.2) is 0 Å². The highest BCUT2D eigenvalue weighted by molar-refractivity contribution is 7.80. The van der Waals surface area contributed by atoms with Crippen LogP contribution in [0, 0.1) is 0 Å². The van der Waals surface area contributed by atoms with Gasteiger partial charge in [-0.1, -0.05) is 12.2 Å². The SMILES string of the molecule is C=C(C)CCCS.C=C(CCCS)NC.[Cl-].[Cl-]. The van der Waals surface area contributed by atoms with Crippen LogP contribution in [0.2, 0.25) is 0 Å². The van der Waals surface area contributed by atoms with E-state index in [2.05, 4.69) is 43.7 Å². The zero-order valence-electron chi connectivity index (χ0n) is 10.8. The lowest BCUT2D eigenvalue weighted by Crippen LogP contribution is -3.00. The Morgan fingerprint density at radius 1 is 1.00 bits per heavy atom. The van der Waals surface area contributed by atoms with E-state index in [1.54, 1.807) is 0 Å². The minimum Gasteiger partial charge on any atom is -1.00 e. The second-order valence-corrected chi connectivity index (χ2v) is 4.36. The zero-order valence-corrected chi connectivity index (χ0v) is 14.1. The maximum absolute atomic E-state index is 4.07. The van der Waals surface area contributed by atoms with Crippen molar-refractivity contribution in [2.45, 2.75) is 32.6 Å². The summed E-state index contributed by atoms with van der Waals surface area (Å²) in [5.74, 6) is 1.92. The summed E-state index contributed by atoms with van der Waals surface area (Å²) in [5.41, 5.74) is 2.35. The fraction of sp³-hybridized carbons (Fsp3) is 0.667. The van der Waals surface area contributed by atoms with Crippen LogP contribution < -0.4 is 30.1 Å². The molecule has 0 aromatic rings. The number of allylic oxidation sites excluding steroid dienone is 2. The summed E-state index contributed by atoms with van der Waals surface area (Å²) in [6.07, 6.45) is 4.45. The number of rotatable bonds is 7. The van der Waals surface area contributed by atoms with E-state index in [1.165, 1.54) is 12.0 Å². The van der Waals surface area contributed by atoms with Gasteiger partial charge in [0, 0.05) is 12.7 Å². The largest absolute Gasteiger partial charge is 1.00 e. The topological polar surface area (TPSA) is 12.0 Å². The molecular weight excluding hydrogens is 293 g/mol. The first-order valence-corrected chi connectivity index (χ1v) is 6.56. The maximum atomic E-state index is 4.07. The molecule has 0 fully saturated rings. The number of halogens is 2. The quantitative estimate of drug-likeness (QED) is 0.355. The molecule has 0 heterocycles. The Morgan fingerprint density at radius 2 is 1.41 bits per heavy atom. The summed E-state index contributed by atoms with van der Waals surface area (Å²) >= 11 is 8.12. The predicted molar refractivity (Wildman–Crippen MR) is 79.2 cm³/mol. The molecule has 0 bridgehead atoms. The Balaban J connectivity index is -0.0000000896. The van der Waals surface area contributed by atoms with Gasteiger partial charge in [-0.3, -0.25) is 0 Å². The molecule has 0 radical (unpaired) electrons. The van der Waals surface area contributed by atoms with Crippen molar-refractivity contribution in [2.24, 2.45) is 0 Å². The van der Waals surface area contributed by atoms with E-state index in [9.17, 15) is 0 Å². The maximum Gasteiger partial charge on any atom is 0.00313 e. The highest BCUT2D eigenvalue weighted by Gasteiger charge is 1.86. The van der Waals surface area contributed by atoms with E-state index in [1.807, 2.05) is 14.0 Å². The zero-order chi connectivity index (χ0) is 12.1. The second-order valence-electron chi connectivity index (χ2n) is 3.46. The minimum atomic E-state index is 0. The third-order valence-electron chi connectivity index (χ3n) is 1.75.